The minimum atomic E-state index is -1.14. The predicted octanol–water partition coefficient (Wildman–Crippen LogP) is 3.27. The molecule has 3 aromatic rings. The SMILES string of the molecule is CO[C@@H]1CCN(C(=O)Cn2cc(C(C)=O)c3ccc(C(=O)O)cc32)[C@@H]1C(=O)NCc1cccc(Cl)c1F. The Hall–Kier alpha value is -3.76. The molecular formula is C26H25ClFN3O6. The van der Waals surface area contributed by atoms with Crippen molar-refractivity contribution in [2.24, 2.45) is 0 Å². The van der Waals surface area contributed by atoms with E-state index in [0.29, 0.717) is 22.9 Å². The number of fused-ring (bicyclic) bond motifs is 1. The molecule has 2 heterocycles. The summed E-state index contributed by atoms with van der Waals surface area (Å²) < 4.78 is 21.2. The summed E-state index contributed by atoms with van der Waals surface area (Å²) in [4.78, 5) is 51.5. The monoisotopic (exact) mass is 529 g/mol. The highest BCUT2D eigenvalue weighted by molar-refractivity contribution is 6.30. The number of benzene rings is 2. The molecular weight excluding hydrogens is 505 g/mol. The van der Waals surface area contributed by atoms with Gasteiger partial charge in [0.15, 0.2) is 5.78 Å². The van der Waals surface area contributed by atoms with E-state index in [1.807, 2.05) is 0 Å². The van der Waals surface area contributed by atoms with Gasteiger partial charge in [-0.2, -0.15) is 0 Å². The maximum Gasteiger partial charge on any atom is 0.335 e. The van der Waals surface area contributed by atoms with Crippen molar-refractivity contribution in [1.29, 1.82) is 0 Å². The Morgan fingerprint density at radius 2 is 1.97 bits per heavy atom. The van der Waals surface area contributed by atoms with Crippen molar-refractivity contribution < 1.29 is 33.4 Å². The molecule has 1 saturated heterocycles. The van der Waals surface area contributed by atoms with Gasteiger partial charge in [-0.15, -0.1) is 0 Å². The first-order valence-electron chi connectivity index (χ1n) is 11.5. The molecule has 2 aromatic carbocycles. The molecule has 9 nitrogen and oxygen atoms in total. The van der Waals surface area contributed by atoms with Crippen LogP contribution in [-0.4, -0.2) is 63.9 Å². The molecule has 0 unspecified atom stereocenters. The van der Waals surface area contributed by atoms with Crippen LogP contribution in [0.15, 0.2) is 42.6 Å². The molecule has 11 heteroatoms. The fourth-order valence-electron chi connectivity index (χ4n) is 4.65. The summed E-state index contributed by atoms with van der Waals surface area (Å²) in [6.45, 7) is 1.29. The lowest BCUT2D eigenvalue weighted by atomic mass is 10.1. The Morgan fingerprint density at radius 1 is 1.22 bits per heavy atom. The quantitative estimate of drug-likeness (QED) is 0.432. The van der Waals surface area contributed by atoms with Gasteiger partial charge < -0.3 is 24.6 Å². The molecule has 0 spiro atoms. The van der Waals surface area contributed by atoms with Crippen LogP contribution in [0.4, 0.5) is 4.39 Å². The van der Waals surface area contributed by atoms with Gasteiger partial charge >= 0.3 is 5.97 Å². The number of ketones is 1. The summed E-state index contributed by atoms with van der Waals surface area (Å²) in [7, 11) is 1.45. The second-order valence-electron chi connectivity index (χ2n) is 8.79. The van der Waals surface area contributed by atoms with Gasteiger partial charge in [0, 0.05) is 42.9 Å². The average Bonchev–Trinajstić information content (AvgIpc) is 3.46. The van der Waals surface area contributed by atoms with E-state index in [0.717, 1.165) is 0 Å². The first-order chi connectivity index (χ1) is 17.6. The molecule has 37 heavy (non-hydrogen) atoms. The number of hydrogen-bond acceptors (Lipinski definition) is 5. The number of Topliss-reactive ketones (excluding diaryl/α,β-unsaturated/α-hetero) is 1. The fourth-order valence-corrected chi connectivity index (χ4v) is 4.84. The van der Waals surface area contributed by atoms with Gasteiger partial charge in [0.05, 0.1) is 22.2 Å². The molecule has 1 fully saturated rings. The molecule has 0 bridgehead atoms. The number of carbonyl (C=O) groups excluding carboxylic acids is 3. The van der Waals surface area contributed by atoms with E-state index in [1.165, 1.54) is 54.0 Å². The summed E-state index contributed by atoms with van der Waals surface area (Å²) in [6, 6.07) is 7.87. The first-order valence-corrected chi connectivity index (χ1v) is 11.9. The standard InChI is InChI=1S/C26H25ClFN3O6/c1-14(32)18-12-30(20-10-15(26(35)36)6-7-17(18)20)13-22(33)31-9-8-21(37-2)24(31)25(34)29-11-16-4-3-5-19(27)23(16)28/h3-7,10,12,21,24H,8-9,11,13H2,1-2H3,(H,29,34)(H,35,36)/t21-,24+/m1/s1. The molecule has 2 amide bonds. The lowest BCUT2D eigenvalue weighted by Crippen LogP contribution is -2.51. The Kier molecular flexibility index (Phi) is 7.60. The largest absolute Gasteiger partial charge is 0.478 e. The zero-order chi connectivity index (χ0) is 26.9. The van der Waals surface area contributed by atoms with Gasteiger partial charge in [-0.1, -0.05) is 29.8 Å². The van der Waals surface area contributed by atoms with Crippen LogP contribution in [0, 0.1) is 5.82 Å². The van der Waals surface area contributed by atoms with Crippen molar-refractivity contribution >= 4 is 46.1 Å². The zero-order valence-corrected chi connectivity index (χ0v) is 20.9. The lowest BCUT2D eigenvalue weighted by Gasteiger charge is -2.27. The van der Waals surface area contributed by atoms with E-state index in [-0.39, 0.29) is 41.6 Å². The summed E-state index contributed by atoms with van der Waals surface area (Å²) in [5.41, 5.74) is 0.989. The number of carbonyl (C=O) groups is 4. The van der Waals surface area contributed by atoms with Gasteiger partial charge in [0.25, 0.3) is 0 Å². The molecule has 1 aliphatic heterocycles. The van der Waals surface area contributed by atoms with Gasteiger partial charge in [-0.05, 0) is 31.5 Å². The number of amides is 2. The maximum atomic E-state index is 14.2. The Labute approximate surface area is 216 Å². The number of rotatable bonds is 8. The summed E-state index contributed by atoms with van der Waals surface area (Å²) in [6.07, 6.45) is 1.36. The van der Waals surface area contributed by atoms with Crippen LogP contribution in [-0.2, 0) is 27.4 Å². The van der Waals surface area contributed by atoms with Crippen LogP contribution in [0.25, 0.3) is 10.9 Å². The third kappa shape index (κ3) is 5.21. The van der Waals surface area contributed by atoms with Crippen molar-refractivity contribution in [3.8, 4) is 0 Å². The molecule has 194 valence electrons. The Bertz CT molecular complexity index is 1400. The number of hydrogen-bond donors (Lipinski definition) is 2. The zero-order valence-electron chi connectivity index (χ0n) is 20.2. The van der Waals surface area contributed by atoms with Crippen LogP contribution >= 0.6 is 11.6 Å². The van der Waals surface area contributed by atoms with Gasteiger partial charge in [-0.25, -0.2) is 9.18 Å². The number of likely N-dealkylation sites (tertiary alicyclic amines) is 1. The van der Waals surface area contributed by atoms with Crippen LogP contribution in [0.2, 0.25) is 5.02 Å². The number of ether oxygens (including phenoxy) is 1. The normalized spacial score (nSPS) is 17.2. The number of aromatic carboxylic acids is 1. The molecule has 2 N–H and O–H groups in total. The fraction of sp³-hybridized carbons (Fsp3) is 0.308. The molecule has 1 aliphatic rings. The first kappa shape index (κ1) is 26.3. The van der Waals surface area contributed by atoms with Crippen molar-refractivity contribution in [1.82, 2.24) is 14.8 Å². The highest BCUT2D eigenvalue weighted by Gasteiger charge is 2.42. The number of nitrogens with zero attached hydrogens (tertiary/aromatic N) is 2. The molecule has 4 rings (SSSR count). The van der Waals surface area contributed by atoms with E-state index in [9.17, 15) is 28.7 Å². The van der Waals surface area contributed by atoms with Gasteiger partial charge in [0.2, 0.25) is 11.8 Å². The van der Waals surface area contributed by atoms with Crippen LogP contribution in [0.1, 0.15) is 39.6 Å². The average molecular weight is 530 g/mol. The Morgan fingerprint density at radius 3 is 2.65 bits per heavy atom. The summed E-state index contributed by atoms with van der Waals surface area (Å²) in [5, 5.41) is 12.5. The third-order valence-electron chi connectivity index (χ3n) is 6.53. The number of halogens is 2. The van der Waals surface area contributed by atoms with Crippen molar-refractivity contribution in [3.63, 3.8) is 0 Å². The minimum Gasteiger partial charge on any atom is -0.478 e. The van der Waals surface area contributed by atoms with Crippen molar-refractivity contribution in [2.75, 3.05) is 13.7 Å². The van der Waals surface area contributed by atoms with Gasteiger partial charge in [0.1, 0.15) is 18.4 Å². The van der Waals surface area contributed by atoms with E-state index < -0.39 is 35.7 Å². The summed E-state index contributed by atoms with van der Waals surface area (Å²) in [5.74, 6) is -2.92. The topological polar surface area (TPSA) is 118 Å². The van der Waals surface area contributed by atoms with E-state index in [2.05, 4.69) is 5.32 Å². The molecule has 2 atom stereocenters. The smallest absolute Gasteiger partial charge is 0.335 e. The molecule has 0 aliphatic carbocycles. The Balaban J connectivity index is 1.58. The minimum absolute atomic E-state index is 0.0144. The second-order valence-corrected chi connectivity index (χ2v) is 9.20. The number of nitrogens with one attached hydrogen (secondary N) is 1. The van der Waals surface area contributed by atoms with Crippen molar-refractivity contribution in [3.05, 3.63) is 70.1 Å². The molecule has 0 saturated carbocycles. The van der Waals surface area contributed by atoms with Gasteiger partial charge in [-0.3, -0.25) is 14.4 Å². The molecule has 1 aromatic heterocycles. The van der Waals surface area contributed by atoms with Crippen LogP contribution in [0.3, 0.4) is 0 Å². The number of methoxy groups -OCH3 is 1. The second kappa shape index (κ2) is 10.7. The predicted molar refractivity (Wildman–Crippen MR) is 133 cm³/mol. The third-order valence-corrected chi connectivity index (χ3v) is 6.82. The number of carboxylic acid groups (broad SMARTS) is 1. The van der Waals surface area contributed by atoms with E-state index in [4.69, 9.17) is 16.3 Å². The molecule has 0 radical (unpaired) electrons. The summed E-state index contributed by atoms with van der Waals surface area (Å²) >= 11 is 5.82. The maximum absolute atomic E-state index is 14.2. The van der Waals surface area contributed by atoms with Crippen LogP contribution < -0.4 is 5.32 Å². The lowest BCUT2D eigenvalue weighted by molar-refractivity contribution is -0.141. The van der Waals surface area contributed by atoms with E-state index in [1.54, 1.807) is 12.1 Å². The van der Waals surface area contributed by atoms with Crippen molar-refractivity contribution in [2.45, 2.75) is 38.6 Å². The number of aromatic nitrogens is 1. The highest BCUT2D eigenvalue weighted by atomic mass is 35.5. The number of carboxylic acids is 1. The van der Waals surface area contributed by atoms with Crippen LogP contribution in [0.5, 0.6) is 0 Å². The van der Waals surface area contributed by atoms with E-state index >= 15 is 0 Å². The highest BCUT2D eigenvalue weighted by Crippen LogP contribution is 2.26.